The zero-order valence-corrected chi connectivity index (χ0v) is 12.8. The van der Waals surface area contributed by atoms with E-state index in [-0.39, 0.29) is 0 Å². The highest BCUT2D eigenvalue weighted by Crippen LogP contribution is 2.21. The minimum absolute atomic E-state index is 0.627. The Bertz CT molecular complexity index is 377. The van der Waals surface area contributed by atoms with E-state index in [0.29, 0.717) is 5.92 Å². The van der Waals surface area contributed by atoms with Crippen molar-refractivity contribution in [1.82, 2.24) is 5.32 Å². The van der Waals surface area contributed by atoms with E-state index in [0.717, 1.165) is 31.6 Å². The van der Waals surface area contributed by atoms with Gasteiger partial charge in [0.25, 0.3) is 0 Å². The summed E-state index contributed by atoms with van der Waals surface area (Å²) in [6, 6.07) is 9.62. The van der Waals surface area contributed by atoms with Crippen molar-refractivity contribution >= 4 is 11.8 Å². The van der Waals surface area contributed by atoms with Crippen molar-refractivity contribution in [2.75, 3.05) is 19.0 Å². The van der Waals surface area contributed by atoms with E-state index < -0.39 is 0 Å². The van der Waals surface area contributed by atoms with Gasteiger partial charge in [-0.25, -0.2) is 0 Å². The highest BCUT2D eigenvalue weighted by Gasteiger charge is 2.19. The molecule has 0 unspecified atom stereocenters. The molecule has 0 aliphatic heterocycles. The van der Waals surface area contributed by atoms with Crippen LogP contribution in [0, 0.1) is 5.92 Å². The lowest BCUT2D eigenvalue weighted by Crippen LogP contribution is -2.15. The zero-order chi connectivity index (χ0) is 13.5. The van der Waals surface area contributed by atoms with Crippen LogP contribution >= 0.6 is 11.8 Å². The van der Waals surface area contributed by atoms with Gasteiger partial charge < -0.3 is 10.1 Å². The average molecular weight is 279 g/mol. The van der Waals surface area contributed by atoms with Crippen LogP contribution in [0.2, 0.25) is 0 Å². The summed E-state index contributed by atoms with van der Waals surface area (Å²) in [6.45, 7) is 7.08. The van der Waals surface area contributed by atoms with Crippen LogP contribution in [-0.4, -0.2) is 25.0 Å². The Hall–Kier alpha value is -0.510. The van der Waals surface area contributed by atoms with Gasteiger partial charge in [0.1, 0.15) is 0 Å². The number of ether oxygens (including phenoxy) is 1. The van der Waals surface area contributed by atoms with Crippen LogP contribution in [0.25, 0.3) is 0 Å². The molecule has 0 bridgehead atoms. The molecule has 1 aliphatic carbocycles. The highest BCUT2D eigenvalue weighted by molar-refractivity contribution is 7.99. The molecule has 3 heteroatoms. The number of benzene rings is 1. The fourth-order valence-electron chi connectivity index (χ4n) is 1.83. The molecule has 106 valence electrons. The molecule has 1 N–H and O–H groups in total. The minimum atomic E-state index is 0.627. The van der Waals surface area contributed by atoms with E-state index in [2.05, 4.69) is 43.4 Å². The molecule has 19 heavy (non-hydrogen) atoms. The van der Waals surface area contributed by atoms with Crippen LogP contribution in [0.5, 0.6) is 0 Å². The molecule has 0 amide bonds. The summed E-state index contributed by atoms with van der Waals surface area (Å²) in [5.41, 5.74) is 1.39. The summed E-state index contributed by atoms with van der Waals surface area (Å²) in [7, 11) is 0. The first-order valence-electron chi connectivity index (χ1n) is 7.27. The molecule has 1 aromatic carbocycles. The monoisotopic (exact) mass is 279 g/mol. The Balaban J connectivity index is 1.65. The predicted molar refractivity (Wildman–Crippen MR) is 82.7 cm³/mol. The molecule has 2 rings (SSSR count). The van der Waals surface area contributed by atoms with E-state index in [9.17, 15) is 0 Å². The van der Waals surface area contributed by atoms with Crippen molar-refractivity contribution in [2.24, 2.45) is 5.92 Å². The quantitative estimate of drug-likeness (QED) is 0.550. The van der Waals surface area contributed by atoms with Crippen molar-refractivity contribution in [3.63, 3.8) is 0 Å². The first-order valence-corrected chi connectivity index (χ1v) is 8.25. The molecule has 0 radical (unpaired) electrons. The molecular weight excluding hydrogens is 254 g/mol. The van der Waals surface area contributed by atoms with Crippen LogP contribution in [0.1, 0.15) is 32.3 Å². The fraction of sp³-hybridized carbons (Fsp3) is 0.625. The third-order valence-corrected chi connectivity index (χ3v) is 3.98. The lowest BCUT2D eigenvalue weighted by atomic mass is 10.2. The molecule has 0 aromatic heterocycles. The van der Waals surface area contributed by atoms with E-state index in [1.165, 1.54) is 23.3 Å². The third kappa shape index (κ3) is 6.46. The second kappa shape index (κ2) is 7.93. The Morgan fingerprint density at radius 2 is 2.21 bits per heavy atom. The normalized spacial score (nSPS) is 15.1. The maximum Gasteiger partial charge on any atom is 0.0560 e. The molecule has 2 nitrogen and oxygen atoms in total. The highest BCUT2D eigenvalue weighted by atomic mass is 32.2. The number of hydrogen-bond donors (Lipinski definition) is 1. The van der Waals surface area contributed by atoms with Gasteiger partial charge in [-0.05, 0) is 36.5 Å². The molecule has 0 heterocycles. The van der Waals surface area contributed by atoms with Gasteiger partial charge in [0.05, 0.1) is 6.61 Å². The average Bonchev–Trinajstić information content (AvgIpc) is 3.20. The molecular formula is C16H25NOS. The second-order valence-electron chi connectivity index (χ2n) is 5.62. The minimum Gasteiger partial charge on any atom is -0.380 e. The molecule has 0 spiro atoms. The lowest BCUT2D eigenvalue weighted by molar-refractivity contribution is 0.124. The van der Waals surface area contributed by atoms with Gasteiger partial charge in [0.15, 0.2) is 0 Å². The van der Waals surface area contributed by atoms with E-state index in [4.69, 9.17) is 4.74 Å². The summed E-state index contributed by atoms with van der Waals surface area (Å²) < 4.78 is 5.60. The smallest absolute Gasteiger partial charge is 0.0560 e. The van der Waals surface area contributed by atoms with Crippen molar-refractivity contribution in [2.45, 2.75) is 44.2 Å². The van der Waals surface area contributed by atoms with Crippen molar-refractivity contribution < 1.29 is 4.74 Å². The van der Waals surface area contributed by atoms with Gasteiger partial charge >= 0.3 is 0 Å². The van der Waals surface area contributed by atoms with Crippen LogP contribution < -0.4 is 5.32 Å². The Morgan fingerprint density at radius 1 is 1.37 bits per heavy atom. The number of nitrogens with one attached hydrogen (secondary N) is 1. The van der Waals surface area contributed by atoms with Gasteiger partial charge in [-0.2, -0.15) is 0 Å². The molecule has 0 atom stereocenters. The number of thioether (sulfide) groups is 1. The molecule has 1 aliphatic rings. The maximum atomic E-state index is 5.60. The number of hydrogen-bond acceptors (Lipinski definition) is 3. The third-order valence-electron chi connectivity index (χ3n) is 3.02. The lowest BCUT2D eigenvalue weighted by Gasteiger charge is -2.08. The van der Waals surface area contributed by atoms with Gasteiger partial charge in [-0.15, -0.1) is 11.8 Å². The molecule has 1 fully saturated rings. The van der Waals surface area contributed by atoms with Gasteiger partial charge in [-0.3, -0.25) is 0 Å². The van der Waals surface area contributed by atoms with Gasteiger partial charge in [0, 0.05) is 29.8 Å². The summed E-state index contributed by atoms with van der Waals surface area (Å²) >= 11 is 1.88. The van der Waals surface area contributed by atoms with E-state index >= 15 is 0 Å². The number of rotatable bonds is 9. The molecule has 1 saturated carbocycles. The second-order valence-corrected chi connectivity index (χ2v) is 6.79. The largest absolute Gasteiger partial charge is 0.380 e. The van der Waals surface area contributed by atoms with Gasteiger partial charge in [0.2, 0.25) is 0 Å². The Morgan fingerprint density at radius 3 is 2.95 bits per heavy atom. The van der Waals surface area contributed by atoms with Crippen LogP contribution in [0.3, 0.4) is 0 Å². The van der Waals surface area contributed by atoms with Gasteiger partial charge in [-0.1, -0.05) is 26.0 Å². The molecule has 1 aromatic rings. The predicted octanol–water partition coefficient (Wildman–Crippen LogP) is 3.70. The SMILES string of the molecule is CC(C)COCCSc1cccc(CNC2CC2)c1. The van der Waals surface area contributed by atoms with Crippen molar-refractivity contribution in [3.05, 3.63) is 29.8 Å². The summed E-state index contributed by atoms with van der Waals surface area (Å²) in [5, 5.41) is 3.55. The maximum absolute atomic E-state index is 5.60. The fourth-order valence-corrected chi connectivity index (χ4v) is 2.68. The zero-order valence-electron chi connectivity index (χ0n) is 12.0. The molecule has 0 saturated heterocycles. The summed E-state index contributed by atoms with van der Waals surface area (Å²) in [5.74, 6) is 1.66. The van der Waals surface area contributed by atoms with E-state index in [1.807, 2.05) is 11.8 Å². The van der Waals surface area contributed by atoms with Crippen LogP contribution in [-0.2, 0) is 11.3 Å². The topological polar surface area (TPSA) is 21.3 Å². The summed E-state index contributed by atoms with van der Waals surface area (Å²) in [4.78, 5) is 1.35. The van der Waals surface area contributed by atoms with Crippen LogP contribution in [0.4, 0.5) is 0 Å². The van der Waals surface area contributed by atoms with Crippen molar-refractivity contribution in [3.8, 4) is 0 Å². The van der Waals surface area contributed by atoms with Crippen molar-refractivity contribution in [1.29, 1.82) is 0 Å². The van der Waals surface area contributed by atoms with Crippen LogP contribution in [0.15, 0.2) is 29.2 Å². The Kier molecular flexibility index (Phi) is 6.21. The Labute approximate surface area is 121 Å². The first-order chi connectivity index (χ1) is 9.24. The first kappa shape index (κ1) is 14.9. The summed E-state index contributed by atoms with van der Waals surface area (Å²) in [6.07, 6.45) is 2.70. The van der Waals surface area contributed by atoms with E-state index in [1.54, 1.807) is 0 Å². The standard InChI is InChI=1S/C16H25NOS/c1-13(2)12-18-8-9-19-16-5-3-4-14(10-16)11-17-15-6-7-15/h3-5,10,13,15,17H,6-9,11-12H2,1-2H3.